The van der Waals surface area contributed by atoms with Gasteiger partial charge in [0.1, 0.15) is 0 Å². The highest BCUT2D eigenvalue weighted by Gasteiger charge is 2.10. The maximum atomic E-state index is 11.6. The third-order valence-corrected chi connectivity index (χ3v) is 2.57. The van der Waals surface area contributed by atoms with Crippen LogP contribution in [0.1, 0.15) is 10.6 Å². The largest absolute Gasteiger partial charge is 0.459 e. The highest BCUT2D eigenvalue weighted by molar-refractivity contribution is 5.93. The lowest BCUT2D eigenvalue weighted by molar-refractivity contribution is -0.384. The van der Waals surface area contributed by atoms with E-state index in [1.807, 2.05) is 0 Å². The second-order valence-electron chi connectivity index (χ2n) is 4.14. The lowest BCUT2D eigenvalue weighted by Crippen LogP contribution is -2.44. The van der Waals surface area contributed by atoms with E-state index in [-0.39, 0.29) is 18.0 Å². The number of hydrazine groups is 1. The third kappa shape index (κ3) is 4.07. The summed E-state index contributed by atoms with van der Waals surface area (Å²) in [5, 5.41) is 13.3. The average molecular weight is 304 g/mol. The molecule has 0 saturated heterocycles. The molecule has 0 atom stereocenters. The van der Waals surface area contributed by atoms with Gasteiger partial charge in [0.15, 0.2) is 5.76 Å². The lowest BCUT2D eigenvalue weighted by atomic mass is 10.3. The number of non-ortho nitro benzene ring substituents is 1. The van der Waals surface area contributed by atoms with Crippen LogP contribution in [0.2, 0.25) is 0 Å². The Morgan fingerprint density at radius 1 is 1.18 bits per heavy atom. The first-order valence-electron chi connectivity index (χ1n) is 6.17. The zero-order valence-electron chi connectivity index (χ0n) is 11.2. The molecule has 2 aromatic rings. The predicted molar refractivity (Wildman–Crippen MR) is 75.9 cm³/mol. The van der Waals surface area contributed by atoms with Crippen LogP contribution in [0.4, 0.5) is 11.4 Å². The summed E-state index contributed by atoms with van der Waals surface area (Å²) >= 11 is 0. The molecule has 114 valence electrons. The van der Waals surface area contributed by atoms with Crippen molar-refractivity contribution in [2.75, 3.05) is 11.9 Å². The molecule has 0 aliphatic rings. The quantitative estimate of drug-likeness (QED) is 0.560. The van der Waals surface area contributed by atoms with Gasteiger partial charge in [0.2, 0.25) is 0 Å². The highest BCUT2D eigenvalue weighted by Crippen LogP contribution is 2.16. The number of nitro benzene ring substituents is 1. The molecule has 3 N–H and O–H groups in total. The van der Waals surface area contributed by atoms with Crippen molar-refractivity contribution in [3.05, 3.63) is 58.5 Å². The third-order valence-electron chi connectivity index (χ3n) is 2.57. The van der Waals surface area contributed by atoms with Crippen molar-refractivity contribution in [1.82, 2.24) is 10.9 Å². The highest BCUT2D eigenvalue weighted by atomic mass is 16.6. The predicted octanol–water partition coefficient (Wildman–Crippen LogP) is 1.06. The van der Waals surface area contributed by atoms with Crippen molar-refractivity contribution >= 4 is 23.2 Å². The second kappa shape index (κ2) is 6.88. The Bertz CT molecular complexity index is 683. The first-order valence-corrected chi connectivity index (χ1v) is 6.17. The molecule has 1 heterocycles. The zero-order chi connectivity index (χ0) is 15.9. The molecule has 1 aromatic carbocycles. The summed E-state index contributed by atoms with van der Waals surface area (Å²) in [5.74, 6) is -1.05. The minimum absolute atomic E-state index is 0.0620. The van der Waals surface area contributed by atoms with E-state index >= 15 is 0 Å². The first kappa shape index (κ1) is 15.0. The smallest absolute Gasteiger partial charge is 0.305 e. The summed E-state index contributed by atoms with van der Waals surface area (Å²) in [6.07, 6.45) is 1.33. The molecule has 0 saturated carbocycles. The van der Waals surface area contributed by atoms with E-state index in [1.54, 1.807) is 12.1 Å². The summed E-state index contributed by atoms with van der Waals surface area (Å²) in [7, 11) is 0. The van der Waals surface area contributed by atoms with E-state index in [2.05, 4.69) is 16.2 Å². The molecule has 0 aliphatic carbocycles. The monoisotopic (exact) mass is 304 g/mol. The maximum Gasteiger partial charge on any atom is 0.305 e. The van der Waals surface area contributed by atoms with Gasteiger partial charge in [-0.3, -0.25) is 30.6 Å². The molecule has 0 bridgehead atoms. The summed E-state index contributed by atoms with van der Waals surface area (Å²) < 4.78 is 4.85. The molecule has 0 fully saturated rings. The van der Waals surface area contributed by atoms with Gasteiger partial charge in [-0.25, -0.2) is 0 Å². The van der Waals surface area contributed by atoms with Crippen LogP contribution in [0.15, 0.2) is 47.1 Å². The van der Waals surface area contributed by atoms with Gasteiger partial charge < -0.3 is 9.73 Å². The molecule has 0 aliphatic heterocycles. The number of carbonyl (C=O) groups excluding carboxylic acids is 2. The fourth-order valence-corrected chi connectivity index (χ4v) is 1.55. The van der Waals surface area contributed by atoms with Gasteiger partial charge in [-0.1, -0.05) is 6.07 Å². The standard InChI is InChI=1S/C13H12N4O5/c18-12(15-16-13(19)11-5-2-6-22-11)8-14-9-3-1-4-10(7-9)17(20)21/h1-7,14H,8H2,(H,15,18)(H,16,19). The number of rotatable bonds is 5. The van der Waals surface area contributed by atoms with Crippen LogP contribution in [-0.4, -0.2) is 23.3 Å². The van der Waals surface area contributed by atoms with Gasteiger partial charge in [-0.2, -0.15) is 0 Å². The van der Waals surface area contributed by atoms with Gasteiger partial charge in [-0.05, 0) is 18.2 Å². The first-order chi connectivity index (χ1) is 10.6. The van der Waals surface area contributed by atoms with Crippen LogP contribution in [0.25, 0.3) is 0 Å². The van der Waals surface area contributed by atoms with E-state index in [0.717, 1.165) is 0 Å². The van der Waals surface area contributed by atoms with Crippen molar-refractivity contribution < 1.29 is 18.9 Å². The molecule has 2 rings (SSSR count). The summed E-state index contributed by atoms with van der Waals surface area (Å²) in [6.45, 7) is -0.167. The average Bonchev–Trinajstić information content (AvgIpc) is 3.05. The van der Waals surface area contributed by atoms with Crippen molar-refractivity contribution in [3.63, 3.8) is 0 Å². The van der Waals surface area contributed by atoms with Gasteiger partial charge >= 0.3 is 5.91 Å². The number of nitrogens with one attached hydrogen (secondary N) is 3. The Balaban J connectivity index is 1.79. The molecule has 9 heteroatoms. The number of hydrogen-bond acceptors (Lipinski definition) is 6. The van der Waals surface area contributed by atoms with Crippen LogP contribution in [0, 0.1) is 10.1 Å². The number of hydrogen-bond donors (Lipinski definition) is 3. The minimum Gasteiger partial charge on any atom is -0.459 e. The van der Waals surface area contributed by atoms with Crippen molar-refractivity contribution in [2.45, 2.75) is 0 Å². The molecule has 0 spiro atoms. The van der Waals surface area contributed by atoms with Crippen LogP contribution in [0.3, 0.4) is 0 Å². The molecular formula is C13H12N4O5. The molecule has 9 nitrogen and oxygen atoms in total. The summed E-state index contributed by atoms with van der Waals surface area (Å²) in [6, 6.07) is 8.71. The minimum atomic E-state index is -0.589. The molecule has 22 heavy (non-hydrogen) atoms. The SMILES string of the molecule is O=C(CNc1cccc([N+](=O)[O-])c1)NNC(=O)c1ccco1. The van der Waals surface area contributed by atoms with E-state index in [9.17, 15) is 19.7 Å². The Morgan fingerprint density at radius 2 is 2.00 bits per heavy atom. The number of furan rings is 1. The van der Waals surface area contributed by atoms with E-state index in [4.69, 9.17) is 4.42 Å². The van der Waals surface area contributed by atoms with Gasteiger partial charge in [-0.15, -0.1) is 0 Å². The van der Waals surface area contributed by atoms with Gasteiger partial charge in [0.05, 0.1) is 17.7 Å². The number of nitrogens with zero attached hydrogens (tertiary/aromatic N) is 1. The van der Waals surface area contributed by atoms with E-state index < -0.39 is 16.7 Å². The van der Waals surface area contributed by atoms with Crippen LogP contribution in [0.5, 0.6) is 0 Å². The van der Waals surface area contributed by atoms with Crippen LogP contribution in [-0.2, 0) is 4.79 Å². The molecular weight excluding hydrogens is 292 g/mol. The zero-order valence-corrected chi connectivity index (χ0v) is 11.2. The Morgan fingerprint density at radius 3 is 2.68 bits per heavy atom. The maximum absolute atomic E-state index is 11.6. The van der Waals surface area contributed by atoms with Crippen LogP contribution >= 0.6 is 0 Å². The van der Waals surface area contributed by atoms with Gasteiger partial charge in [0, 0.05) is 17.8 Å². The fourth-order valence-electron chi connectivity index (χ4n) is 1.55. The summed E-state index contributed by atoms with van der Waals surface area (Å²) in [5.41, 5.74) is 4.69. The number of anilines is 1. The number of amides is 2. The van der Waals surface area contributed by atoms with E-state index in [0.29, 0.717) is 5.69 Å². The number of nitro groups is 1. The normalized spacial score (nSPS) is 9.82. The second-order valence-corrected chi connectivity index (χ2v) is 4.14. The molecule has 0 unspecified atom stereocenters. The Kier molecular flexibility index (Phi) is 4.70. The summed E-state index contributed by atoms with van der Waals surface area (Å²) in [4.78, 5) is 33.1. The van der Waals surface area contributed by atoms with E-state index in [1.165, 1.54) is 30.5 Å². The van der Waals surface area contributed by atoms with Crippen molar-refractivity contribution in [3.8, 4) is 0 Å². The van der Waals surface area contributed by atoms with Crippen LogP contribution < -0.4 is 16.2 Å². The molecule has 2 amide bonds. The van der Waals surface area contributed by atoms with Gasteiger partial charge in [0.25, 0.3) is 11.6 Å². The molecule has 0 radical (unpaired) electrons. The van der Waals surface area contributed by atoms with Crippen molar-refractivity contribution in [1.29, 1.82) is 0 Å². The Labute approximate surface area is 124 Å². The topological polar surface area (TPSA) is 127 Å². The lowest BCUT2D eigenvalue weighted by Gasteiger charge is -2.08. The number of carbonyl (C=O) groups is 2. The fraction of sp³-hybridized carbons (Fsp3) is 0.0769. The Hall–Kier alpha value is -3.36. The van der Waals surface area contributed by atoms with Crippen molar-refractivity contribution in [2.24, 2.45) is 0 Å². The molecule has 1 aromatic heterocycles. The number of benzene rings is 1.